The Bertz CT molecular complexity index is 1420. The van der Waals surface area contributed by atoms with Crippen LogP contribution in [0.25, 0.3) is 0 Å². The van der Waals surface area contributed by atoms with Crippen LogP contribution in [0.15, 0.2) is 11.1 Å². The normalized spacial score (nSPS) is 44.2. The van der Waals surface area contributed by atoms with Crippen molar-refractivity contribution in [2.75, 3.05) is 13.1 Å². The van der Waals surface area contributed by atoms with Crippen LogP contribution in [-0.4, -0.2) is 41.3 Å². The number of allylic oxidation sites excluding steroid dienone is 2. The van der Waals surface area contributed by atoms with E-state index in [9.17, 15) is 19.5 Å². The van der Waals surface area contributed by atoms with E-state index < -0.39 is 5.97 Å². The molecule has 6 nitrogen and oxygen atoms in total. The fourth-order valence-electron chi connectivity index (χ4n) is 15.2. The summed E-state index contributed by atoms with van der Waals surface area (Å²) in [6.07, 6.45) is 18.7. The Morgan fingerprint density at radius 2 is 1.59 bits per heavy atom. The molecule has 0 aromatic rings. The number of carboxylic acid groups (broad SMARTS) is 1. The van der Waals surface area contributed by atoms with Gasteiger partial charge in [0.2, 0.25) is 0 Å². The maximum absolute atomic E-state index is 14.0. The lowest BCUT2D eigenvalue weighted by Gasteiger charge is -2.69. The van der Waals surface area contributed by atoms with Crippen molar-refractivity contribution in [1.82, 2.24) is 5.32 Å². The second-order valence-electron chi connectivity index (χ2n) is 21.1. The topological polar surface area (TPSA) is 109 Å². The van der Waals surface area contributed by atoms with Gasteiger partial charge in [0, 0.05) is 36.3 Å². The Balaban J connectivity index is 1.08. The highest BCUT2D eigenvalue weighted by molar-refractivity contribution is 6.00. The summed E-state index contributed by atoms with van der Waals surface area (Å²) in [7, 11) is 0. The summed E-state index contributed by atoms with van der Waals surface area (Å²) in [5, 5.41) is 13.3. The van der Waals surface area contributed by atoms with E-state index in [-0.39, 0.29) is 50.9 Å². The molecule has 7 rings (SSSR count). The number of ketones is 2. The third kappa shape index (κ3) is 6.06. The van der Waals surface area contributed by atoms with E-state index in [0.717, 1.165) is 51.6 Å². The predicted octanol–water partition coefficient (Wildman–Crippen LogP) is 9.15. The molecule has 286 valence electrons. The van der Waals surface area contributed by atoms with Crippen molar-refractivity contribution < 1.29 is 19.5 Å². The molecule has 4 N–H and O–H groups in total. The van der Waals surface area contributed by atoms with Gasteiger partial charge in [-0.1, -0.05) is 73.3 Å². The van der Waals surface area contributed by atoms with E-state index in [4.69, 9.17) is 5.73 Å². The number of carboxylic acids is 1. The van der Waals surface area contributed by atoms with Crippen LogP contribution in [0.3, 0.4) is 0 Å². The Labute approximate surface area is 309 Å². The summed E-state index contributed by atoms with van der Waals surface area (Å²) >= 11 is 0. The molecule has 11 atom stereocenters. The Morgan fingerprint density at radius 3 is 2.25 bits per heavy atom. The van der Waals surface area contributed by atoms with Crippen LogP contribution in [0.1, 0.15) is 158 Å². The summed E-state index contributed by atoms with van der Waals surface area (Å²) < 4.78 is 0. The molecule has 0 heterocycles. The molecule has 0 spiro atoms. The predicted molar refractivity (Wildman–Crippen MR) is 204 cm³/mol. The summed E-state index contributed by atoms with van der Waals surface area (Å²) in [4.78, 5) is 39.1. The molecular weight excluding hydrogens is 633 g/mol. The van der Waals surface area contributed by atoms with Gasteiger partial charge in [0.25, 0.3) is 0 Å². The molecule has 7 aliphatic carbocycles. The molecule has 0 saturated heterocycles. The van der Waals surface area contributed by atoms with E-state index in [1.54, 1.807) is 5.57 Å². The standard InChI is InChI=1S/C45H72N2O4/c1-27(2)38-35(49)25-44(21-22-47-26-45(46)16-9-8-10-17-45)20-14-33-30(39(38)44)11-12-37-42(33,6)19-15-36-41(4,5)29(13-18-43(36,37)7)23-34(48)31-24-32(28(31)3)40(50)51/h27-33,36-37,47H,8-26,46H2,1-7H3,(H,50,51). The van der Waals surface area contributed by atoms with Crippen molar-refractivity contribution in [2.45, 2.75) is 163 Å². The number of carbonyl (C=O) groups excluding carboxylic acids is 2. The second kappa shape index (κ2) is 13.3. The molecular formula is C45H72N2O4. The molecule has 51 heavy (non-hydrogen) atoms. The lowest BCUT2D eigenvalue weighted by molar-refractivity contribution is -0.193. The van der Waals surface area contributed by atoms with Crippen LogP contribution in [0.5, 0.6) is 0 Å². The summed E-state index contributed by atoms with van der Waals surface area (Å²) in [5.41, 5.74) is 10.2. The monoisotopic (exact) mass is 705 g/mol. The minimum absolute atomic E-state index is 0.0263. The maximum atomic E-state index is 14.0. The van der Waals surface area contributed by atoms with Gasteiger partial charge < -0.3 is 16.2 Å². The minimum Gasteiger partial charge on any atom is -0.481 e. The molecule has 0 aliphatic heterocycles. The van der Waals surface area contributed by atoms with Gasteiger partial charge in [-0.05, 0) is 147 Å². The second-order valence-corrected chi connectivity index (χ2v) is 21.1. The van der Waals surface area contributed by atoms with Gasteiger partial charge in [0.15, 0.2) is 5.78 Å². The molecule has 11 unspecified atom stereocenters. The van der Waals surface area contributed by atoms with Crippen molar-refractivity contribution in [1.29, 1.82) is 0 Å². The number of hydrogen-bond acceptors (Lipinski definition) is 5. The molecule has 6 fully saturated rings. The third-order valence-corrected chi connectivity index (χ3v) is 18.0. The van der Waals surface area contributed by atoms with Gasteiger partial charge in [-0.15, -0.1) is 0 Å². The van der Waals surface area contributed by atoms with E-state index >= 15 is 0 Å². The van der Waals surface area contributed by atoms with Gasteiger partial charge >= 0.3 is 5.97 Å². The first-order valence-corrected chi connectivity index (χ1v) is 21.5. The van der Waals surface area contributed by atoms with Crippen LogP contribution in [0, 0.1) is 74.9 Å². The number of aliphatic carboxylic acids is 1. The maximum Gasteiger partial charge on any atom is 0.306 e. The van der Waals surface area contributed by atoms with Crippen molar-refractivity contribution in [3.8, 4) is 0 Å². The third-order valence-electron chi connectivity index (χ3n) is 18.0. The summed E-state index contributed by atoms with van der Waals surface area (Å²) in [6, 6.07) is 0. The van der Waals surface area contributed by atoms with Gasteiger partial charge in [0.05, 0.1) is 5.92 Å². The lowest BCUT2D eigenvalue weighted by atomic mass is 9.35. The molecule has 6 heteroatoms. The number of hydrogen-bond donors (Lipinski definition) is 3. The summed E-state index contributed by atoms with van der Waals surface area (Å²) in [6.45, 7) is 18.6. The van der Waals surface area contributed by atoms with Gasteiger partial charge in [-0.2, -0.15) is 0 Å². The van der Waals surface area contributed by atoms with Crippen LogP contribution in [0.4, 0.5) is 0 Å². The van der Waals surface area contributed by atoms with Crippen molar-refractivity contribution in [3.05, 3.63) is 11.1 Å². The van der Waals surface area contributed by atoms with Crippen molar-refractivity contribution in [2.24, 2.45) is 80.7 Å². The first-order chi connectivity index (χ1) is 24.0. The number of nitrogens with two attached hydrogens (primary N) is 1. The molecule has 0 aromatic carbocycles. The van der Waals surface area contributed by atoms with Crippen molar-refractivity contribution >= 4 is 17.5 Å². The average Bonchev–Trinajstić information content (AvgIpc) is 3.36. The van der Waals surface area contributed by atoms with Crippen LogP contribution in [-0.2, 0) is 14.4 Å². The highest BCUT2D eigenvalue weighted by Crippen LogP contribution is 2.74. The largest absolute Gasteiger partial charge is 0.481 e. The number of Topliss-reactive ketones (excluding diaryl/α,β-unsaturated/α-hetero) is 2. The van der Waals surface area contributed by atoms with Gasteiger partial charge in [0.1, 0.15) is 5.78 Å². The first kappa shape index (κ1) is 37.8. The number of fused-ring (bicyclic) bond motifs is 7. The molecule has 0 aromatic heterocycles. The molecule has 6 saturated carbocycles. The number of rotatable bonds is 10. The van der Waals surface area contributed by atoms with Crippen LogP contribution in [0.2, 0.25) is 0 Å². The van der Waals surface area contributed by atoms with E-state index in [0.29, 0.717) is 54.0 Å². The quantitative estimate of drug-likeness (QED) is 0.196. The fourth-order valence-corrected chi connectivity index (χ4v) is 15.2. The summed E-state index contributed by atoms with van der Waals surface area (Å²) in [5.74, 6) is 2.66. The number of carbonyl (C=O) groups is 3. The zero-order valence-corrected chi connectivity index (χ0v) is 33.4. The minimum atomic E-state index is -0.743. The van der Waals surface area contributed by atoms with Gasteiger partial charge in [-0.3, -0.25) is 14.4 Å². The lowest BCUT2D eigenvalue weighted by Crippen LogP contribution is -2.62. The van der Waals surface area contributed by atoms with Crippen molar-refractivity contribution in [3.63, 3.8) is 0 Å². The average molecular weight is 705 g/mol. The zero-order chi connectivity index (χ0) is 36.7. The molecule has 7 aliphatic rings. The molecule has 0 radical (unpaired) electrons. The van der Waals surface area contributed by atoms with E-state index in [1.807, 2.05) is 6.92 Å². The molecule has 0 amide bonds. The highest BCUT2D eigenvalue weighted by atomic mass is 16.4. The first-order valence-electron chi connectivity index (χ1n) is 21.5. The smallest absolute Gasteiger partial charge is 0.306 e. The van der Waals surface area contributed by atoms with E-state index in [1.165, 1.54) is 63.4 Å². The Hall–Kier alpha value is -1.53. The van der Waals surface area contributed by atoms with Crippen LogP contribution >= 0.6 is 0 Å². The zero-order valence-electron chi connectivity index (χ0n) is 33.4. The van der Waals surface area contributed by atoms with Crippen LogP contribution < -0.4 is 11.1 Å². The Kier molecular flexibility index (Phi) is 9.88. The highest BCUT2D eigenvalue weighted by Gasteiger charge is 2.66. The fraction of sp³-hybridized carbons (Fsp3) is 0.889. The molecule has 0 bridgehead atoms. The van der Waals surface area contributed by atoms with Gasteiger partial charge in [-0.25, -0.2) is 0 Å². The number of nitrogens with one attached hydrogen (secondary N) is 1. The SMILES string of the molecule is CC(C)C1=C2C3CCC4C(C)(CCC5C(C)(C)C(CC(=O)C6CC(C(=O)O)C6C)CCC54C)C3CCC2(CCNCC2(N)CCCCC2)CC1=O. The van der Waals surface area contributed by atoms with E-state index in [2.05, 4.69) is 46.9 Å². The Morgan fingerprint density at radius 1 is 0.882 bits per heavy atom.